The summed E-state index contributed by atoms with van der Waals surface area (Å²) in [6, 6.07) is 8.79. The fourth-order valence-electron chi connectivity index (χ4n) is 5.93. The van der Waals surface area contributed by atoms with Gasteiger partial charge < -0.3 is 20.1 Å². The van der Waals surface area contributed by atoms with Crippen LogP contribution in [0.3, 0.4) is 0 Å². The van der Waals surface area contributed by atoms with E-state index in [0.717, 1.165) is 30.7 Å². The number of carbonyl (C=O) groups is 1. The van der Waals surface area contributed by atoms with Crippen molar-refractivity contribution in [3.8, 4) is 0 Å². The Morgan fingerprint density at radius 1 is 0.976 bits per heavy atom. The maximum atomic E-state index is 12.4. The smallest absolute Gasteiger partial charge is 0.407 e. The maximum absolute atomic E-state index is 12.4. The molecular weight excluding hydrogens is 576 g/mol. The summed E-state index contributed by atoms with van der Waals surface area (Å²) in [6.07, 6.45) is 18.2. The predicted octanol–water partition coefficient (Wildman–Crippen LogP) is 9.18. The zero-order chi connectivity index (χ0) is 29.0. The monoisotopic (exact) mass is 630 g/mol. The fraction of sp³-hybridized carbons (Fsp3) is 0.629. The lowest BCUT2D eigenvalue weighted by Crippen LogP contribution is -2.43. The molecule has 1 heterocycles. The van der Waals surface area contributed by atoms with Crippen LogP contribution in [0.5, 0.6) is 0 Å². The van der Waals surface area contributed by atoms with Gasteiger partial charge in [0.1, 0.15) is 5.76 Å². The molecule has 0 aromatic heterocycles. The summed E-state index contributed by atoms with van der Waals surface area (Å²) in [5.41, 5.74) is 5.77. The van der Waals surface area contributed by atoms with Crippen molar-refractivity contribution in [1.29, 1.82) is 0 Å². The van der Waals surface area contributed by atoms with Crippen molar-refractivity contribution in [2.24, 2.45) is 0 Å². The van der Waals surface area contributed by atoms with E-state index in [1.54, 1.807) is 7.11 Å². The van der Waals surface area contributed by atoms with Crippen molar-refractivity contribution in [1.82, 2.24) is 10.6 Å². The third-order valence-electron chi connectivity index (χ3n) is 8.34. The first-order chi connectivity index (χ1) is 19.2. The molecule has 1 aromatic rings. The van der Waals surface area contributed by atoms with E-state index >= 15 is 0 Å². The highest BCUT2D eigenvalue weighted by Gasteiger charge is 2.41. The van der Waals surface area contributed by atoms with Crippen LogP contribution in [-0.2, 0) is 20.3 Å². The number of carbonyl (C=O) groups excluding carboxylic acids is 1. The first kappa shape index (κ1) is 35.0. The van der Waals surface area contributed by atoms with E-state index in [1.165, 1.54) is 80.2 Å². The lowest BCUT2D eigenvalue weighted by molar-refractivity contribution is 0.148. The van der Waals surface area contributed by atoms with Crippen LogP contribution < -0.4 is 10.6 Å². The molecule has 1 unspecified atom stereocenters. The van der Waals surface area contributed by atoms with E-state index in [0.29, 0.717) is 13.2 Å². The molecule has 2 N–H and O–H groups in total. The number of methoxy groups -OCH3 is 1. The van der Waals surface area contributed by atoms with Crippen molar-refractivity contribution in [3.05, 3.63) is 70.1 Å². The number of amides is 1. The van der Waals surface area contributed by atoms with Gasteiger partial charge in [-0.3, -0.25) is 0 Å². The van der Waals surface area contributed by atoms with Crippen LogP contribution in [-0.4, -0.2) is 32.9 Å². The molecule has 0 fully saturated rings. The minimum absolute atomic E-state index is 0. The molecule has 1 aliphatic carbocycles. The SMILES string of the molecule is Br.CCCCCCCCCCCC1=C2C=C(OC)C(CNC(=O)OCC)(c3ccc(C(C)(C)C)cc3)C=C2CCN1. The van der Waals surface area contributed by atoms with Crippen LogP contribution in [0.4, 0.5) is 4.79 Å². The van der Waals surface area contributed by atoms with Gasteiger partial charge in [-0.15, -0.1) is 17.0 Å². The van der Waals surface area contributed by atoms with Gasteiger partial charge in [0.2, 0.25) is 0 Å². The van der Waals surface area contributed by atoms with E-state index in [4.69, 9.17) is 9.47 Å². The highest BCUT2D eigenvalue weighted by Crippen LogP contribution is 2.44. The minimum Gasteiger partial charge on any atom is -0.500 e. The van der Waals surface area contributed by atoms with Crippen LogP contribution in [0, 0.1) is 0 Å². The largest absolute Gasteiger partial charge is 0.500 e. The molecule has 1 aliphatic heterocycles. The van der Waals surface area contributed by atoms with E-state index in [1.807, 2.05) is 6.92 Å². The van der Waals surface area contributed by atoms with E-state index < -0.39 is 11.5 Å². The number of allylic oxidation sites excluding steroid dienone is 3. The lowest BCUT2D eigenvalue weighted by Gasteiger charge is -2.39. The molecule has 2 aliphatic rings. The van der Waals surface area contributed by atoms with Gasteiger partial charge in [0.05, 0.1) is 19.1 Å². The van der Waals surface area contributed by atoms with Crippen molar-refractivity contribution in [2.75, 3.05) is 26.8 Å². The van der Waals surface area contributed by atoms with Crippen LogP contribution >= 0.6 is 17.0 Å². The number of alkyl carbamates (subject to hydrolysis) is 1. The maximum Gasteiger partial charge on any atom is 0.407 e. The second kappa shape index (κ2) is 17.0. The number of halogens is 1. The van der Waals surface area contributed by atoms with Gasteiger partial charge in [0.15, 0.2) is 0 Å². The molecule has 1 atom stereocenters. The van der Waals surface area contributed by atoms with Gasteiger partial charge in [-0.25, -0.2) is 4.79 Å². The van der Waals surface area contributed by atoms with E-state index in [9.17, 15) is 4.79 Å². The zero-order valence-corrected chi connectivity index (χ0v) is 28.2. The zero-order valence-electron chi connectivity index (χ0n) is 26.5. The Bertz CT molecular complexity index is 1050. The number of benzene rings is 1. The van der Waals surface area contributed by atoms with Crippen molar-refractivity contribution < 1.29 is 14.3 Å². The molecule has 41 heavy (non-hydrogen) atoms. The fourth-order valence-corrected chi connectivity index (χ4v) is 5.93. The molecule has 0 spiro atoms. The van der Waals surface area contributed by atoms with E-state index in [2.05, 4.69) is 74.7 Å². The second-order valence-electron chi connectivity index (χ2n) is 12.4. The summed E-state index contributed by atoms with van der Waals surface area (Å²) in [4.78, 5) is 12.4. The summed E-state index contributed by atoms with van der Waals surface area (Å²) in [6.45, 7) is 12.4. The lowest BCUT2D eigenvalue weighted by atomic mass is 9.70. The van der Waals surface area contributed by atoms with Crippen LogP contribution in [0.2, 0.25) is 0 Å². The summed E-state index contributed by atoms with van der Waals surface area (Å²) in [7, 11) is 1.74. The number of hydrogen-bond donors (Lipinski definition) is 2. The Hall–Kier alpha value is -2.21. The van der Waals surface area contributed by atoms with Gasteiger partial charge in [-0.1, -0.05) is 109 Å². The molecule has 230 valence electrons. The topological polar surface area (TPSA) is 59.6 Å². The van der Waals surface area contributed by atoms with Crippen molar-refractivity contribution >= 4 is 23.1 Å². The molecule has 1 amide bonds. The Kier molecular flexibility index (Phi) is 14.5. The predicted molar refractivity (Wildman–Crippen MR) is 177 cm³/mol. The summed E-state index contributed by atoms with van der Waals surface area (Å²) < 4.78 is 11.3. The summed E-state index contributed by atoms with van der Waals surface area (Å²) >= 11 is 0. The third-order valence-corrected chi connectivity index (χ3v) is 8.34. The van der Waals surface area contributed by atoms with Gasteiger partial charge in [0.25, 0.3) is 0 Å². The van der Waals surface area contributed by atoms with Crippen molar-refractivity contribution in [3.63, 3.8) is 0 Å². The molecular formula is C35H55BrN2O3. The highest BCUT2D eigenvalue weighted by molar-refractivity contribution is 8.93. The number of ether oxygens (including phenoxy) is 2. The molecule has 0 saturated carbocycles. The summed E-state index contributed by atoms with van der Waals surface area (Å²) in [5, 5.41) is 6.72. The molecule has 3 rings (SSSR count). The summed E-state index contributed by atoms with van der Waals surface area (Å²) in [5.74, 6) is 0.847. The minimum atomic E-state index is -0.600. The number of fused-ring (bicyclic) bond motifs is 1. The molecule has 0 saturated heterocycles. The number of unbranched alkanes of at least 4 members (excludes halogenated alkanes) is 8. The second-order valence-corrected chi connectivity index (χ2v) is 12.4. The van der Waals surface area contributed by atoms with Gasteiger partial charge >= 0.3 is 6.09 Å². The number of rotatable bonds is 15. The van der Waals surface area contributed by atoms with Gasteiger partial charge in [-0.05, 0) is 60.0 Å². The first-order valence-corrected chi connectivity index (χ1v) is 15.7. The van der Waals surface area contributed by atoms with Gasteiger partial charge in [-0.2, -0.15) is 0 Å². The molecule has 0 bridgehead atoms. The number of hydrogen-bond acceptors (Lipinski definition) is 4. The highest BCUT2D eigenvalue weighted by atomic mass is 79.9. The molecule has 0 radical (unpaired) electrons. The van der Waals surface area contributed by atoms with E-state index in [-0.39, 0.29) is 22.4 Å². The van der Waals surface area contributed by atoms with Crippen LogP contribution in [0.1, 0.15) is 116 Å². The first-order valence-electron chi connectivity index (χ1n) is 15.7. The quantitative estimate of drug-likeness (QED) is 0.190. The Morgan fingerprint density at radius 2 is 1.61 bits per heavy atom. The molecule has 1 aromatic carbocycles. The third kappa shape index (κ3) is 9.66. The number of nitrogens with one attached hydrogen (secondary N) is 2. The van der Waals surface area contributed by atoms with Crippen LogP contribution in [0.15, 0.2) is 59.0 Å². The molecule has 6 heteroatoms. The van der Waals surface area contributed by atoms with Crippen LogP contribution in [0.25, 0.3) is 0 Å². The van der Waals surface area contributed by atoms with Gasteiger partial charge in [0, 0.05) is 18.8 Å². The molecule has 5 nitrogen and oxygen atoms in total. The Balaban J connectivity index is 0.00000588. The normalized spacial score (nSPS) is 18.4. The Morgan fingerprint density at radius 3 is 2.20 bits per heavy atom. The van der Waals surface area contributed by atoms with Crippen molar-refractivity contribution in [2.45, 2.75) is 116 Å². The Labute approximate surface area is 260 Å². The average molecular weight is 632 g/mol. The standard InChI is InChI=1S/C35H54N2O3.BrH/c1-7-9-10-11-12-13-14-15-16-17-31-30-24-32(39-6)35(25-27(30)22-23-36-31,26-37-33(38)40-8-2)29-20-18-28(19-21-29)34(3,4)5;/h18-21,24-25,36H,7-17,22-23,26H2,1-6H3,(H,37,38);1H. The average Bonchev–Trinajstić information content (AvgIpc) is 2.94.